The van der Waals surface area contributed by atoms with E-state index in [1.807, 2.05) is 0 Å². The van der Waals surface area contributed by atoms with Crippen molar-refractivity contribution in [3.05, 3.63) is 29.8 Å². The zero-order chi connectivity index (χ0) is 18.5. The molecule has 1 unspecified atom stereocenters. The molecular weight excluding hydrogens is 325 g/mol. The van der Waals surface area contributed by atoms with E-state index in [0.29, 0.717) is 0 Å². The van der Waals surface area contributed by atoms with Crippen LogP contribution in [0.25, 0.3) is 0 Å². The van der Waals surface area contributed by atoms with E-state index < -0.39 is 30.0 Å². The van der Waals surface area contributed by atoms with Crippen molar-refractivity contribution in [3.8, 4) is 0 Å². The van der Waals surface area contributed by atoms with Crippen LogP contribution in [0.5, 0.6) is 0 Å². The highest BCUT2D eigenvalue weighted by molar-refractivity contribution is 6.39. The fourth-order valence-corrected chi connectivity index (χ4v) is 1.72. The second-order valence-electron chi connectivity index (χ2n) is 6.14. The number of benzene rings is 1. The Morgan fingerprint density at radius 3 is 2.38 bits per heavy atom. The standard InChI is InChI=1S/C16H21F3N2O3/c1-10(2)15(3,24)9-20-13(22)14(23)21-12-6-4-5-11(7-12)8-16(17,18)19/h4-7,10,24H,8-9H2,1-3H3,(H,20,22)(H,21,23). The number of halogens is 3. The SMILES string of the molecule is CC(C)C(C)(O)CNC(=O)C(=O)Nc1cccc(CC(F)(F)F)c1. The quantitative estimate of drug-likeness (QED) is 0.716. The number of anilines is 1. The number of carbonyl (C=O) groups is 2. The van der Waals surface area contributed by atoms with Gasteiger partial charge in [-0.25, -0.2) is 0 Å². The molecule has 0 bridgehead atoms. The Kier molecular flexibility index (Phi) is 6.36. The van der Waals surface area contributed by atoms with Gasteiger partial charge in [0.05, 0.1) is 12.0 Å². The van der Waals surface area contributed by atoms with Gasteiger partial charge in [0.2, 0.25) is 0 Å². The predicted molar refractivity (Wildman–Crippen MR) is 83.3 cm³/mol. The second kappa shape index (κ2) is 7.65. The first kappa shape index (κ1) is 20.0. The van der Waals surface area contributed by atoms with E-state index in [0.717, 1.165) is 6.07 Å². The van der Waals surface area contributed by atoms with Crippen LogP contribution in [0, 0.1) is 5.92 Å². The summed E-state index contributed by atoms with van der Waals surface area (Å²) in [6.45, 7) is 4.93. The summed E-state index contributed by atoms with van der Waals surface area (Å²) in [5, 5.41) is 14.5. The summed E-state index contributed by atoms with van der Waals surface area (Å²) in [6.07, 6.45) is -5.48. The summed E-state index contributed by atoms with van der Waals surface area (Å²) < 4.78 is 37.1. The topological polar surface area (TPSA) is 78.4 Å². The summed E-state index contributed by atoms with van der Waals surface area (Å²) in [5.41, 5.74) is -1.11. The molecule has 5 nitrogen and oxygen atoms in total. The Labute approximate surface area is 138 Å². The zero-order valence-corrected chi connectivity index (χ0v) is 13.7. The van der Waals surface area contributed by atoms with Crippen molar-refractivity contribution in [2.75, 3.05) is 11.9 Å². The van der Waals surface area contributed by atoms with Crippen LogP contribution in [0.2, 0.25) is 0 Å². The minimum Gasteiger partial charge on any atom is -0.388 e. The maximum atomic E-state index is 12.4. The lowest BCUT2D eigenvalue weighted by atomic mass is 9.92. The normalized spacial score (nSPS) is 14.2. The molecule has 0 aliphatic carbocycles. The van der Waals surface area contributed by atoms with Gasteiger partial charge in [-0.3, -0.25) is 9.59 Å². The summed E-state index contributed by atoms with van der Waals surface area (Å²) in [7, 11) is 0. The highest BCUT2D eigenvalue weighted by atomic mass is 19.4. The van der Waals surface area contributed by atoms with E-state index in [1.54, 1.807) is 13.8 Å². The van der Waals surface area contributed by atoms with E-state index in [4.69, 9.17) is 0 Å². The summed E-state index contributed by atoms with van der Waals surface area (Å²) >= 11 is 0. The minimum absolute atomic E-state index is 0.0246. The van der Waals surface area contributed by atoms with Crippen LogP contribution in [0.3, 0.4) is 0 Å². The number of hydrogen-bond donors (Lipinski definition) is 3. The van der Waals surface area contributed by atoms with Gasteiger partial charge < -0.3 is 15.7 Å². The van der Waals surface area contributed by atoms with Gasteiger partial charge in [0.1, 0.15) is 0 Å². The molecule has 2 amide bonds. The van der Waals surface area contributed by atoms with Gasteiger partial charge in [-0.15, -0.1) is 0 Å². The lowest BCUT2D eigenvalue weighted by Crippen LogP contribution is -2.47. The molecule has 24 heavy (non-hydrogen) atoms. The Morgan fingerprint density at radius 1 is 1.21 bits per heavy atom. The number of amides is 2. The molecule has 0 aromatic heterocycles. The van der Waals surface area contributed by atoms with Crippen LogP contribution in [0.4, 0.5) is 18.9 Å². The zero-order valence-electron chi connectivity index (χ0n) is 13.7. The van der Waals surface area contributed by atoms with Gasteiger partial charge in [0, 0.05) is 12.2 Å². The predicted octanol–water partition coefficient (Wildman–Crippen LogP) is 2.25. The molecule has 0 radical (unpaired) electrons. The number of rotatable bonds is 5. The molecule has 0 aliphatic rings. The monoisotopic (exact) mass is 346 g/mol. The largest absolute Gasteiger partial charge is 0.393 e. The summed E-state index contributed by atoms with van der Waals surface area (Å²) in [5.74, 6) is -2.13. The fraction of sp³-hybridized carbons (Fsp3) is 0.500. The molecule has 0 saturated heterocycles. The Balaban J connectivity index is 2.64. The second-order valence-corrected chi connectivity index (χ2v) is 6.14. The first-order chi connectivity index (χ1) is 10.9. The van der Waals surface area contributed by atoms with Crippen LogP contribution in [-0.2, 0) is 16.0 Å². The van der Waals surface area contributed by atoms with Crippen molar-refractivity contribution in [1.82, 2.24) is 5.32 Å². The smallest absolute Gasteiger partial charge is 0.388 e. The molecule has 1 aromatic rings. The minimum atomic E-state index is -4.36. The van der Waals surface area contributed by atoms with Crippen LogP contribution >= 0.6 is 0 Å². The number of aliphatic hydroxyl groups is 1. The first-order valence-electron chi connectivity index (χ1n) is 7.38. The van der Waals surface area contributed by atoms with Crippen molar-refractivity contribution in [1.29, 1.82) is 0 Å². The third-order valence-electron chi connectivity index (χ3n) is 3.65. The molecule has 3 N–H and O–H groups in total. The molecular formula is C16H21F3N2O3. The van der Waals surface area contributed by atoms with E-state index in [-0.39, 0.29) is 23.7 Å². The lowest BCUT2D eigenvalue weighted by Gasteiger charge is -2.27. The molecule has 0 fully saturated rings. The third-order valence-corrected chi connectivity index (χ3v) is 3.65. The van der Waals surface area contributed by atoms with Crippen molar-refractivity contribution in [2.24, 2.45) is 5.92 Å². The maximum absolute atomic E-state index is 12.4. The molecule has 1 atom stereocenters. The maximum Gasteiger partial charge on any atom is 0.393 e. The highest BCUT2D eigenvalue weighted by Gasteiger charge is 2.28. The van der Waals surface area contributed by atoms with Crippen molar-refractivity contribution in [3.63, 3.8) is 0 Å². The number of alkyl halides is 3. The van der Waals surface area contributed by atoms with E-state index in [1.165, 1.54) is 25.1 Å². The molecule has 0 saturated carbocycles. The van der Waals surface area contributed by atoms with Crippen LogP contribution in [-0.4, -0.2) is 35.2 Å². The van der Waals surface area contributed by atoms with Crippen molar-refractivity contribution in [2.45, 2.75) is 39.0 Å². The third kappa shape index (κ3) is 6.57. The average molecular weight is 346 g/mol. The molecule has 134 valence electrons. The average Bonchev–Trinajstić information content (AvgIpc) is 2.43. The summed E-state index contributed by atoms with van der Waals surface area (Å²) in [4.78, 5) is 23.5. The van der Waals surface area contributed by atoms with Crippen molar-refractivity contribution >= 4 is 17.5 Å². The van der Waals surface area contributed by atoms with E-state index in [2.05, 4.69) is 10.6 Å². The van der Waals surface area contributed by atoms with Gasteiger partial charge in [-0.1, -0.05) is 26.0 Å². The Morgan fingerprint density at radius 2 is 1.83 bits per heavy atom. The molecule has 1 aromatic carbocycles. The molecule has 0 spiro atoms. The molecule has 1 rings (SSSR count). The van der Waals surface area contributed by atoms with Gasteiger partial charge in [-0.05, 0) is 30.5 Å². The van der Waals surface area contributed by atoms with Crippen LogP contribution in [0.1, 0.15) is 26.3 Å². The molecule has 0 heterocycles. The summed E-state index contributed by atoms with van der Waals surface area (Å²) in [6, 6.07) is 5.18. The van der Waals surface area contributed by atoms with E-state index >= 15 is 0 Å². The number of carbonyl (C=O) groups excluding carboxylic acids is 2. The van der Waals surface area contributed by atoms with E-state index in [9.17, 15) is 27.9 Å². The first-order valence-corrected chi connectivity index (χ1v) is 7.38. The fourth-order valence-electron chi connectivity index (χ4n) is 1.72. The van der Waals surface area contributed by atoms with Crippen LogP contribution in [0.15, 0.2) is 24.3 Å². The number of nitrogens with one attached hydrogen (secondary N) is 2. The van der Waals surface area contributed by atoms with Gasteiger partial charge in [-0.2, -0.15) is 13.2 Å². The number of hydrogen-bond acceptors (Lipinski definition) is 3. The van der Waals surface area contributed by atoms with Crippen LogP contribution < -0.4 is 10.6 Å². The van der Waals surface area contributed by atoms with Gasteiger partial charge in [0.15, 0.2) is 0 Å². The van der Waals surface area contributed by atoms with Gasteiger partial charge >= 0.3 is 18.0 Å². The molecule has 0 aliphatic heterocycles. The lowest BCUT2D eigenvalue weighted by molar-refractivity contribution is -0.137. The van der Waals surface area contributed by atoms with Crippen molar-refractivity contribution < 1.29 is 27.9 Å². The molecule has 8 heteroatoms. The van der Waals surface area contributed by atoms with Gasteiger partial charge in [0.25, 0.3) is 0 Å². The Bertz CT molecular complexity index is 598. The Hall–Kier alpha value is -2.09. The highest BCUT2D eigenvalue weighted by Crippen LogP contribution is 2.22.